The number of carbonyl (C=O) groups is 2. The topological polar surface area (TPSA) is 70.7 Å². The molecule has 0 spiro atoms. The Morgan fingerprint density at radius 1 is 1.16 bits per heavy atom. The summed E-state index contributed by atoms with van der Waals surface area (Å²) in [6.07, 6.45) is 9.54. The molecule has 0 aliphatic carbocycles. The van der Waals surface area contributed by atoms with Crippen LogP contribution in [0.3, 0.4) is 0 Å². The Kier molecular flexibility index (Phi) is 9.19. The van der Waals surface area contributed by atoms with Crippen LogP contribution < -0.4 is 15.5 Å². The first-order valence-corrected chi connectivity index (χ1v) is 12.2. The van der Waals surface area contributed by atoms with E-state index in [4.69, 9.17) is 4.74 Å². The first-order valence-electron chi connectivity index (χ1n) is 12.2. The minimum atomic E-state index is -0.0924. The Morgan fingerprint density at radius 2 is 1.97 bits per heavy atom. The van der Waals surface area contributed by atoms with Gasteiger partial charge in [0.2, 0.25) is 5.91 Å². The molecule has 2 atom stereocenters. The number of anilines is 2. The lowest BCUT2D eigenvalue weighted by Gasteiger charge is -2.30. The van der Waals surface area contributed by atoms with E-state index in [0.29, 0.717) is 17.8 Å². The normalized spacial score (nSPS) is 19.8. The molecule has 31 heavy (non-hydrogen) atoms. The highest BCUT2D eigenvalue weighted by molar-refractivity contribution is 6.02. The fourth-order valence-electron chi connectivity index (χ4n) is 4.53. The van der Waals surface area contributed by atoms with Gasteiger partial charge in [-0.15, -0.1) is 0 Å². The molecule has 2 heterocycles. The summed E-state index contributed by atoms with van der Waals surface area (Å²) in [6.45, 7) is 7.44. The minimum absolute atomic E-state index is 0.0125. The second kappa shape index (κ2) is 12.1. The molecule has 0 saturated carbocycles. The van der Waals surface area contributed by atoms with Gasteiger partial charge in [-0.3, -0.25) is 9.59 Å². The fraction of sp³-hybridized carbons (Fsp3) is 0.680. The van der Waals surface area contributed by atoms with Crippen molar-refractivity contribution in [1.29, 1.82) is 0 Å². The second-order valence-corrected chi connectivity index (χ2v) is 8.86. The van der Waals surface area contributed by atoms with Crippen LogP contribution in [-0.2, 0) is 9.53 Å². The number of benzene rings is 1. The zero-order valence-electron chi connectivity index (χ0n) is 19.3. The predicted molar refractivity (Wildman–Crippen MR) is 126 cm³/mol. The van der Waals surface area contributed by atoms with Gasteiger partial charge in [-0.2, -0.15) is 0 Å². The molecule has 2 saturated heterocycles. The highest BCUT2D eigenvalue weighted by atomic mass is 16.5. The number of nitrogens with zero attached hydrogens (tertiary/aromatic N) is 1. The van der Waals surface area contributed by atoms with Gasteiger partial charge in [0.15, 0.2) is 0 Å². The highest BCUT2D eigenvalue weighted by Gasteiger charge is 2.23. The minimum Gasteiger partial charge on any atom is -0.376 e. The quantitative estimate of drug-likeness (QED) is 0.564. The molecule has 2 aliphatic rings. The fourth-order valence-corrected chi connectivity index (χ4v) is 4.53. The van der Waals surface area contributed by atoms with Gasteiger partial charge < -0.3 is 20.3 Å². The summed E-state index contributed by atoms with van der Waals surface area (Å²) in [5.41, 5.74) is 2.29. The number of hydrogen-bond acceptors (Lipinski definition) is 4. The molecule has 0 radical (unpaired) electrons. The number of hydrogen-bond donors (Lipinski definition) is 2. The number of carbonyl (C=O) groups excluding carboxylic acids is 2. The smallest absolute Gasteiger partial charge is 0.253 e. The third-order valence-corrected chi connectivity index (χ3v) is 6.49. The number of ether oxygens (including phenoxy) is 1. The summed E-state index contributed by atoms with van der Waals surface area (Å²) < 4.78 is 5.65. The number of piperidine rings is 1. The van der Waals surface area contributed by atoms with Crippen LogP contribution in [0.2, 0.25) is 0 Å². The van der Waals surface area contributed by atoms with E-state index in [1.807, 2.05) is 18.2 Å². The van der Waals surface area contributed by atoms with E-state index in [1.165, 1.54) is 6.42 Å². The molecule has 1 aromatic rings. The van der Waals surface area contributed by atoms with Crippen LogP contribution >= 0.6 is 0 Å². The van der Waals surface area contributed by atoms with Crippen molar-refractivity contribution in [2.24, 2.45) is 5.92 Å². The third kappa shape index (κ3) is 6.70. The monoisotopic (exact) mass is 429 g/mol. The van der Waals surface area contributed by atoms with Crippen molar-refractivity contribution in [2.45, 2.75) is 77.7 Å². The van der Waals surface area contributed by atoms with E-state index in [9.17, 15) is 9.59 Å². The summed E-state index contributed by atoms with van der Waals surface area (Å²) in [6, 6.07) is 5.78. The summed E-state index contributed by atoms with van der Waals surface area (Å²) in [5, 5.41) is 6.12. The predicted octanol–water partition coefficient (Wildman–Crippen LogP) is 4.74. The molecule has 2 fully saturated rings. The van der Waals surface area contributed by atoms with Crippen LogP contribution in [0.1, 0.15) is 82.0 Å². The van der Waals surface area contributed by atoms with Crippen molar-refractivity contribution < 1.29 is 14.3 Å². The number of rotatable bonds is 10. The summed E-state index contributed by atoms with van der Waals surface area (Å²) in [5.74, 6) is -0.0314. The number of amides is 2. The largest absolute Gasteiger partial charge is 0.376 e. The van der Waals surface area contributed by atoms with Crippen molar-refractivity contribution in [1.82, 2.24) is 5.32 Å². The van der Waals surface area contributed by atoms with Gasteiger partial charge in [0.25, 0.3) is 5.91 Å². The lowest BCUT2D eigenvalue weighted by molar-refractivity contribution is -0.120. The van der Waals surface area contributed by atoms with Gasteiger partial charge in [-0.05, 0) is 63.1 Å². The van der Waals surface area contributed by atoms with Gasteiger partial charge in [0.1, 0.15) is 0 Å². The van der Waals surface area contributed by atoms with Gasteiger partial charge in [0, 0.05) is 43.5 Å². The molecule has 0 unspecified atom stereocenters. The summed E-state index contributed by atoms with van der Waals surface area (Å²) >= 11 is 0. The van der Waals surface area contributed by atoms with Gasteiger partial charge in [-0.1, -0.05) is 26.7 Å². The average molecular weight is 430 g/mol. The Labute approximate surface area is 187 Å². The molecule has 1 aromatic carbocycles. The Morgan fingerprint density at radius 3 is 2.65 bits per heavy atom. The molecule has 2 N–H and O–H groups in total. The van der Waals surface area contributed by atoms with Gasteiger partial charge in [0.05, 0.1) is 11.7 Å². The average Bonchev–Trinajstić information content (AvgIpc) is 3.32. The first kappa shape index (κ1) is 23.6. The molecular weight excluding hydrogens is 390 g/mol. The third-order valence-electron chi connectivity index (χ3n) is 6.49. The van der Waals surface area contributed by atoms with Crippen LogP contribution in [0.15, 0.2) is 18.2 Å². The number of unbranched alkanes of at least 4 members (excludes halogenated alkanes) is 1. The Bertz CT molecular complexity index is 725. The van der Waals surface area contributed by atoms with Gasteiger partial charge in [-0.25, -0.2) is 0 Å². The molecule has 172 valence electrons. The van der Waals surface area contributed by atoms with Crippen LogP contribution in [0.4, 0.5) is 11.4 Å². The Balaban J connectivity index is 1.75. The lowest BCUT2D eigenvalue weighted by atomic mass is 9.98. The van der Waals surface area contributed by atoms with Crippen molar-refractivity contribution in [3.05, 3.63) is 23.8 Å². The van der Waals surface area contributed by atoms with Crippen LogP contribution in [0.5, 0.6) is 0 Å². The first-order chi connectivity index (χ1) is 15.1. The van der Waals surface area contributed by atoms with Crippen LogP contribution in [-0.4, -0.2) is 44.2 Å². The number of nitrogens with one attached hydrogen (secondary N) is 2. The molecule has 2 aliphatic heterocycles. The van der Waals surface area contributed by atoms with Crippen molar-refractivity contribution in [3.8, 4) is 0 Å². The van der Waals surface area contributed by atoms with Crippen LogP contribution in [0.25, 0.3) is 0 Å². The maximum Gasteiger partial charge on any atom is 0.253 e. The summed E-state index contributed by atoms with van der Waals surface area (Å²) in [4.78, 5) is 28.2. The molecule has 0 aromatic heterocycles. The van der Waals surface area contributed by atoms with E-state index in [0.717, 1.165) is 76.8 Å². The SMILES string of the molecule is CCCC[C@@H](CC)C(=O)Nc1ccc(N2CCCCC2)c(C(=O)NC[C@H]2CCCO2)c1. The zero-order chi connectivity index (χ0) is 22.1. The van der Waals surface area contributed by atoms with Crippen molar-refractivity contribution in [3.63, 3.8) is 0 Å². The molecule has 6 heteroatoms. The van der Waals surface area contributed by atoms with Crippen LogP contribution in [0, 0.1) is 5.92 Å². The van der Waals surface area contributed by atoms with E-state index in [-0.39, 0.29) is 23.8 Å². The van der Waals surface area contributed by atoms with Gasteiger partial charge >= 0.3 is 0 Å². The zero-order valence-corrected chi connectivity index (χ0v) is 19.3. The second-order valence-electron chi connectivity index (χ2n) is 8.86. The Hall–Kier alpha value is -2.08. The lowest BCUT2D eigenvalue weighted by Crippen LogP contribution is -2.35. The molecule has 3 rings (SSSR count). The maximum absolute atomic E-state index is 13.1. The summed E-state index contributed by atoms with van der Waals surface area (Å²) in [7, 11) is 0. The molecule has 6 nitrogen and oxygen atoms in total. The molecular formula is C25H39N3O3. The highest BCUT2D eigenvalue weighted by Crippen LogP contribution is 2.28. The molecule has 0 bridgehead atoms. The maximum atomic E-state index is 13.1. The molecule has 2 amide bonds. The standard InChI is InChI=1S/C25H39N3O3/c1-3-5-10-19(4-2)24(29)27-20-12-13-23(28-14-7-6-8-15-28)22(17-20)25(30)26-18-21-11-9-16-31-21/h12-13,17,19,21H,3-11,14-16,18H2,1-2H3,(H,26,30)(H,27,29)/t19-,21-/m1/s1. The van der Waals surface area contributed by atoms with Crippen molar-refractivity contribution in [2.75, 3.05) is 36.5 Å². The van der Waals surface area contributed by atoms with E-state index < -0.39 is 0 Å². The van der Waals surface area contributed by atoms with E-state index >= 15 is 0 Å². The van der Waals surface area contributed by atoms with Crippen molar-refractivity contribution >= 4 is 23.2 Å². The van der Waals surface area contributed by atoms with E-state index in [1.54, 1.807) is 0 Å². The van der Waals surface area contributed by atoms with E-state index in [2.05, 4.69) is 29.4 Å².